The summed E-state index contributed by atoms with van der Waals surface area (Å²) >= 11 is 0. The van der Waals surface area contributed by atoms with E-state index in [1.807, 2.05) is 44.4 Å². The van der Waals surface area contributed by atoms with Crippen molar-refractivity contribution in [3.63, 3.8) is 0 Å². The number of ether oxygens (including phenoxy) is 1. The number of cyclic esters (lactones) is 1. The summed E-state index contributed by atoms with van der Waals surface area (Å²) in [5.74, 6) is 0.0685. The highest BCUT2D eigenvalue weighted by Crippen LogP contribution is 2.14. The summed E-state index contributed by atoms with van der Waals surface area (Å²) in [4.78, 5) is 17.4. The van der Waals surface area contributed by atoms with Crippen LogP contribution in [0, 0.1) is 0 Å². The minimum Gasteiger partial charge on any atom is -0.406 e. The second-order valence-corrected chi connectivity index (χ2v) is 4.04. The fraction of sp³-hybridized carbons (Fsp3) is 0.231. The van der Waals surface area contributed by atoms with E-state index in [1.54, 1.807) is 11.1 Å². The van der Waals surface area contributed by atoms with Gasteiger partial charge in [0.2, 0.25) is 5.90 Å². The van der Waals surface area contributed by atoms with Crippen molar-refractivity contribution in [2.24, 2.45) is 4.99 Å². The number of carbonyl (C=O) groups is 1. The molecule has 17 heavy (non-hydrogen) atoms. The van der Waals surface area contributed by atoms with Crippen LogP contribution in [-0.4, -0.2) is 30.9 Å². The number of hydrogen-bond acceptors (Lipinski definition) is 4. The van der Waals surface area contributed by atoms with Crippen molar-refractivity contribution in [3.8, 4) is 0 Å². The predicted octanol–water partition coefficient (Wildman–Crippen LogP) is 1.59. The van der Waals surface area contributed by atoms with Gasteiger partial charge in [0.05, 0.1) is 0 Å². The average Bonchev–Trinajstić information content (AvgIpc) is 2.59. The van der Waals surface area contributed by atoms with Crippen molar-refractivity contribution < 1.29 is 9.53 Å². The molecule has 0 aromatic heterocycles. The summed E-state index contributed by atoms with van der Waals surface area (Å²) in [5, 5.41) is 0. The highest BCUT2D eigenvalue weighted by atomic mass is 16.6. The quantitative estimate of drug-likeness (QED) is 0.585. The van der Waals surface area contributed by atoms with Crippen molar-refractivity contribution in [2.75, 3.05) is 14.1 Å². The Hall–Kier alpha value is -2.10. The lowest BCUT2D eigenvalue weighted by Crippen LogP contribution is -2.08. The number of esters is 1. The lowest BCUT2D eigenvalue weighted by molar-refractivity contribution is -0.130. The molecule has 88 valence electrons. The van der Waals surface area contributed by atoms with E-state index in [0.717, 1.165) is 5.56 Å². The standard InChI is InChI=1S/C13H14N2O2/c1-15(2)9-11-13(16)17-12(14-11)8-10-6-4-3-5-7-10/h3-7,9H,8H2,1-2H3/b11-9+. The first-order valence-electron chi connectivity index (χ1n) is 5.37. The van der Waals surface area contributed by atoms with Crippen LogP contribution >= 0.6 is 0 Å². The number of nitrogens with zero attached hydrogens (tertiary/aromatic N) is 2. The zero-order valence-electron chi connectivity index (χ0n) is 9.88. The maximum Gasteiger partial charge on any atom is 0.365 e. The number of aliphatic imine (C=N–C) groups is 1. The molecule has 1 aromatic rings. The van der Waals surface area contributed by atoms with Gasteiger partial charge in [-0.05, 0) is 5.56 Å². The molecule has 0 aliphatic carbocycles. The van der Waals surface area contributed by atoms with E-state index < -0.39 is 0 Å². The molecule has 0 spiro atoms. The number of benzene rings is 1. The van der Waals surface area contributed by atoms with Gasteiger partial charge in [0.15, 0.2) is 5.70 Å². The van der Waals surface area contributed by atoms with E-state index in [2.05, 4.69) is 4.99 Å². The van der Waals surface area contributed by atoms with Gasteiger partial charge in [-0.25, -0.2) is 9.79 Å². The lowest BCUT2D eigenvalue weighted by atomic mass is 10.1. The van der Waals surface area contributed by atoms with Crippen LogP contribution in [0.4, 0.5) is 0 Å². The topological polar surface area (TPSA) is 41.9 Å². The fourth-order valence-corrected chi connectivity index (χ4v) is 1.53. The highest BCUT2D eigenvalue weighted by Gasteiger charge is 2.22. The van der Waals surface area contributed by atoms with Gasteiger partial charge in [-0.15, -0.1) is 0 Å². The van der Waals surface area contributed by atoms with Crippen molar-refractivity contribution in [2.45, 2.75) is 6.42 Å². The largest absolute Gasteiger partial charge is 0.406 e. The molecular weight excluding hydrogens is 216 g/mol. The molecule has 2 rings (SSSR count). The molecule has 0 amide bonds. The highest BCUT2D eigenvalue weighted by molar-refractivity contribution is 6.04. The molecular formula is C13H14N2O2. The Morgan fingerprint density at radius 3 is 2.65 bits per heavy atom. The predicted molar refractivity (Wildman–Crippen MR) is 65.4 cm³/mol. The van der Waals surface area contributed by atoms with Crippen molar-refractivity contribution >= 4 is 11.9 Å². The van der Waals surface area contributed by atoms with Crippen LogP contribution < -0.4 is 0 Å². The van der Waals surface area contributed by atoms with Crippen LogP contribution in [0.5, 0.6) is 0 Å². The molecule has 4 heteroatoms. The molecule has 0 saturated carbocycles. The Labute approximate surface area is 100 Å². The van der Waals surface area contributed by atoms with Gasteiger partial charge in [0, 0.05) is 26.7 Å². The van der Waals surface area contributed by atoms with Crippen molar-refractivity contribution in [3.05, 3.63) is 47.8 Å². The van der Waals surface area contributed by atoms with E-state index in [9.17, 15) is 4.79 Å². The third-order valence-electron chi connectivity index (χ3n) is 2.24. The fourth-order valence-electron chi connectivity index (χ4n) is 1.53. The molecule has 0 N–H and O–H groups in total. The zero-order valence-corrected chi connectivity index (χ0v) is 9.88. The van der Waals surface area contributed by atoms with Gasteiger partial charge in [0.25, 0.3) is 0 Å². The maximum absolute atomic E-state index is 11.5. The minimum absolute atomic E-state index is 0.348. The number of carbonyl (C=O) groups excluding carboxylic acids is 1. The number of rotatable bonds is 3. The van der Waals surface area contributed by atoms with Crippen molar-refractivity contribution in [1.29, 1.82) is 0 Å². The van der Waals surface area contributed by atoms with Gasteiger partial charge < -0.3 is 9.64 Å². The molecule has 1 aliphatic heterocycles. The SMILES string of the molecule is CN(C)/C=C1/N=C(Cc2ccccc2)OC1=O. The van der Waals surface area contributed by atoms with Gasteiger partial charge >= 0.3 is 5.97 Å². The zero-order chi connectivity index (χ0) is 12.3. The lowest BCUT2D eigenvalue weighted by Gasteiger charge is -2.02. The summed E-state index contributed by atoms with van der Waals surface area (Å²) < 4.78 is 5.09. The molecule has 0 unspecified atom stereocenters. The van der Waals surface area contributed by atoms with Gasteiger partial charge in [0.1, 0.15) is 0 Å². The smallest absolute Gasteiger partial charge is 0.365 e. The molecule has 4 nitrogen and oxygen atoms in total. The summed E-state index contributed by atoms with van der Waals surface area (Å²) in [6.07, 6.45) is 2.19. The second-order valence-electron chi connectivity index (χ2n) is 4.04. The van der Waals surface area contributed by atoms with E-state index in [4.69, 9.17) is 4.74 Å². The van der Waals surface area contributed by atoms with Crippen LogP contribution in [0.15, 0.2) is 47.2 Å². The van der Waals surface area contributed by atoms with Crippen molar-refractivity contribution in [1.82, 2.24) is 4.90 Å². The van der Waals surface area contributed by atoms with Gasteiger partial charge in [-0.3, -0.25) is 0 Å². The summed E-state index contributed by atoms with van der Waals surface area (Å²) in [7, 11) is 3.68. The van der Waals surface area contributed by atoms with E-state index in [-0.39, 0.29) is 5.97 Å². The molecule has 1 aromatic carbocycles. The van der Waals surface area contributed by atoms with Crippen LogP contribution in [0.2, 0.25) is 0 Å². The van der Waals surface area contributed by atoms with Crippen LogP contribution in [0.1, 0.15) is 5.56 Å². The molecule has 0 radical (unpaired) electrons. The third-order valence-corrected chi connectivity index (χ3v) is 2.24. The van der Waals surface area contributed by atoms with Gasteiger partial charge in [-0.2, -0.15) is 0 Å². The summed E-state index contributed by atoms with van der Waals surface area (Å²) in [6.45, 7) is 0. The minimum atomic E-state index is -0.385. The Bertz CT molecular complexity index is 475. The molecule has 0 atom stereocenters. The van der Waals surface area contributed by atoms with Crippen LogP contribution in [-0.2, 0) is 16.0 Å². The first-order valence-corrected chi connectivity index (χ1v) is 5.37. The van der Waals surface area contributed by atoms with E-state index in [1.165, 1.54) is 0 Å². The average molecular weight is 230 g/mol. The Kier molecular flexibility index (Phi) is 3.23. The first-order chi connectivity index (χ1) is 8.15. The molecule has 1 aliphatic rings. The molecule has 0 fully saturated rings. The maximum atomic E-state index is 11.5. The van der Waals surface area contributed by atoms with Crippen LogP contribution in [0.3, 0.4) is 0 Å². The molecule has 0 saturated heterocycles. The Balaban J connectivity index is 2.12. The Morgan fingerprint density at radius 2 is 2.00 bits per heavy atom. The summed E-state index contributed by atoms with van der Waals surface area (Å²) in [5.41, 5.74) is 1.42. The third kappa shape index (κ3) is 2.93. The van der Waals surface area contributed by atoms with Gasteiger partial charge in [-0.1, -0.05) is 30.3 Å². The van der Waals surface area contributed by atoms with Crippen LogP contribution in [0.25, 0.3) is 0 Å². The first kappa shape index (κ1) is 11.4. The Morgan fingerprint density at radius 1 is 1.29 bits per heavy atom. The van der Waals surface area contributed by atoms with E-state index >= 15 is 0 Å². The molecule has 0 bridgehead atoms. The number of hydrogen-bond donors (Lipinski definition) is 0. The van der Waals surface area contributed by atoms with E-state index in [0.29, 0.717) is 18.0 Å². The summed E-state index contributed by atoms with van der Waals surface area (Å²) in [6, 6.07) is 9.80. The molecule has 1 heterocycles. The second kappa shape index (κ2) is 4.82. The normalized spacial score (nSPS) is 16.9. The monoisotopic (exact) mass is 230 g/mol.